The number of aliphatic hydroxyl groups excluding tert-OH is 1. The van der Waals surface area contributed by atoms with Crippen LogP contribution in [0.15, 0.2) is 36.4 Å². The van der Waals surface area contributed by atoms with E-state index >= 15 is 4.39 Å². The maximum absolute atomic E-state index is 16.3. The molecule has 0 bridgehead atoms. The van der Waals surface area contributed by atoms with Gasteiger partial charge in [0, 0.05) is 50.5 Å². The minimum absolute atomic E-state index is 0.0109. The average Bonchev–Trinajstić information content (AvgIpc) is 3.76. The van der Waals surface area contributed by atoms with Crippen molar-refractivity contribution >= 4 is 49.6 Å². The Hall–Kier alpha value is -3.78. The fourth-order valence-corrected chi connectivity index (χ4v) is 7.08. The Labute approximate surface area is 259 Å². The number of ether oxygens (including phenoxy) is 1. The summed E-state index contributed by atoms with van der Waals surface area (Å²) in [7, 11) is -2.39. The predicted molar refractivity (Wildman–Crippen MR) is 167 cm³/mol. The number of fused-ring (bicyclic) bond motifs is 1. The van der Waals surface area contributed by atoms with Gasteiger partial charge in [-0.25, -0.2) is 26.6 Å². The van der Waals surface area contributed by atoms with E-state index in [1.54, 1.807) is 18.2 Å². The highest BCUT2D eigenvalue weighted by molar-refractivity contribution is 7.92. The van der Waals surface area contributed by atoms with Crippen LogP contribution in [0.3, 0.4) is 0 Å². The van der Waals surface area contributed by atoms with Crippen LogP contribution in [0.4, 0.5) is 35.9 Å². The smallest absolute Gasteiger partial charge is 0.257 e. The van der Waals surface area contributed by atoms with Crippen LogP contribution in [0.2, 0.25) is 0 Å². The van der Waals surface area contributed by atoms with Crippen LogP contribution in [0.5, 0.6) is 5.88 Å². The van der Waals surface area contributed by atoms with Crippen molar-refractivity contribution < 1.29 is 36.2 Å². The van der Waals surface area contributed by atoms with Crippen LogP contribution in [-0.2, 0) is 10.0 Å². The van der Waals surface area contributed by atoms with Gasteiger partial charge in [0.15, 0.2) is 5.82 Å². The summed E-state index contributed by atoms with van der Waals surface area (Å²) in [4.78, 5) is 21.8. The maximum Gasteiger partial charge on any atom is 0.257 e. The Morgan fingerprint density at radius 3 is 2.33 bits per heavy atom. The molecular formula is C31H36F3N5O5S. The zero-order valence-electron chi connectivity index (χ0n) is 24.9. The van der Waals surface area contributed by atoms with Gasteiger partial charge in [-0.1, -0.05) is 0 Å². The number of carbonyl (C=O) groups excluding carboxylic acids is 1. The number of nitrogens with one attached hydrogen (secondary N) is 2. The molecule has 0 radical (unpaired) electrons. The summed E-state index contributed by atoms with van der Waals surface area (Å²) in [6.45, 7) is 0.620. The lowest BCUT2D eigenvalue weighted by Crippen LogP contribution is -2.40. The topological polar surface area (TPSA) is 124 Å². The monoisotopic (exact) mass is 647 g/mol. The molecule has 1 spiro atoms. The van der Waals surface area contributed by atoms with Crippen molar-refractivity contribution in [1.29, 1.82) is 0 Å². The number of aromatic nitrogens is 1. The van der Waals surface area contributed by atoms with Crippen molar-refractivity contribution in [2.75, 3.05) is 65.5 Å². The fraction of sp³-hybridized carbons (Fsp3) is 0.484. The number of aliphatic hydroxyl groups is 1. The van der Waals surface area contributed by atoms with E-state index in [0.717, 1.165) is 12.8 Å². The largest absolute Gasteiger partial charge is 0.481 e. The number of piperidine rings is 2. The first-order valence-electron chi connectivity index (χ1n) is 15.0. The number of sulfonamides is 1. The van der Waals surface area contributed by atoms with Crippen LogP contribution < -0.4 is 24.6 Å². The minimum atomic E-state index is -3.81. The van der Waals surface area contributed by atoms with Gasteiger partial charge in [-0.05, 0) is 61.4 Å². The number of benzene rings is 2. The predicted octanol–water partition coefficient (Wildman–Crippen LogP) is 4.98. The lowest BCUT2D eigenvalue weighted by molar-refractivity contribution is -0.0221. The van der Waals surface area contributed by atoms with E-state index in [4.69, 9.17) is 9.84 Å². The van der Waals surface area contributed by atoms with Gasteiger partial charge in [0.2, 0.25) is 15.9 Å². The summed E-state index contributed by atoms with van der Waals surface area (Å²) in [6.07, 6.45) is 3.36. The molecule has 3 aliphatic rings. The fourth-order valence-electron chi connectivity index (χ4n) is 6.25. The van der Waals surface area contributed by atoms with Gasteiger partial charge in [0.25, 0.3) is 11.8 Å². The maximum atomic E-state index is 16.3. The molecule has 3 aromatic rings. The van der Waals surface area contributed by atoms with Crippen molar-refractivity contribution in [3.63, 3.8) is 0 Å². The second-order valence-electron chi connectivity index (χ2n) is 12.2. The number of halogens is 3. The van der Waals surface area contributed by atoms with E-state index in [-0.39, 0.29) is 47.1 Å². The second kappa shape index (κ2) is 11.9. The molecule has 14 heteroatoms. The number of methoxy groups -OCH3 is 1. The standard InChI is InChI=1S/C31H36F3N5O5S/c1-44-25-5-2-20-18-23(26(32)28(27(20)36-25)39-14-10-31(33,34)11-15-39)35-29(41)22-4-3-21(37-45(42,43)17-16-40)19-24(22)38-12-8-30(6-7-30)9-13-38/h2-5,18-19,37,40H,6-17H2,1H3,(H,35,41). The van der Waals surface area contributed by atoms with Gasteiger partial charge in [0.1, 0.15) is 11.2 Å². The van der Waals surface area contributed by atoms with E-state index in [1.807, 2.05) is 4.90 Å². The van der Waals surface area contributed by atoms with Crippen molar-refractivity contribution in [1.82, 2.24) is 4.98 Å². The van der Waals surface area contributed by atoms with E-state index in [9.17, 15) is 22.0 Å². The summed E-state index contributed by atoms with van der Waals surface area (Å²) in [5.74, 6) is -4.50. The average molecular weight is 648 g/mol. The number of rotatable bonds is 9. The molecule has 0 unspecified atom stereocenters. The number of hydrogen-bond donors (Lipinski definition) is 3. The lowest BCUT2D eigenvalue weighted by Gasteiger charge is -2.35. The first-order valence-corrected chi connectivity index (χ1v) is 16.7. The number of pyridine rings is 1. The molecule has 3 heterocycles. The third kappa shape index (κ3) is 6.62. The van der Waals surface area contributed by atoms with Crippen molar-refractivity contribution in [2.45, 2.75) is 44.4 Å². The molecule has 2 aliphatic heterocycles. The molecular weight excluding hydrogens is 611 g/mol. The number of amides is 1. The minimum Gasteiger partial charge on any atom is -0.481 e. The molecule has 1 aromatic heterocycles. The van der Waals surface area contributed by atoms with Gasteiger partial charge in [-0.3, -0.25) is 9.52 Å². The molecule has 3 N–H and O–H groups in total. The summed E-state index contributed by atoms with van der Waals surface area (Å²) in [6, 6.07) is 9.23. The highest BCUT2D eigenvalue weighted by Crippen LogP contribution is 2.54. The SMILES string of the molecule is COc1ccc2cc(NC(=O)c3ccc(NS(=O)(=O)CCO)cc3N3CCC4(CC3)CC4)c(F)c(N3CCC(F)(F)CC3)c2n1. The molecule has 10 nitrogen and oxygen atoms in total. The molecule has 6 rings (SSSR count). The number of anilines is 4. The summed E-state index contributed by atoms with van der Waals surface area (Å²) >= 11 is 0. The zero-order valence-corrected chi connectivity index (χ0v) is 25.7. The van der Waals surface area contributed by atoms with Crippen LogP contribution in [0, 0.1) is 11.2 Å². The Balaban J connectivity index is 1.36. The van der Waals surface area contributed by atoms with Gasteiger partial charge in [-0.2, -0.15) is 0 Å². The summed E-state index contributed by atoms with van der Waals surface area (Å²) in [5.41, 5.74) is 1.41. The first-order chi connectivity index (χ1) is 21.4. The summed E-state index contributed by atoms with van der Waals surface area (Å²) in [5, 5.41) is 12.3. The van der Waals surface area contributed by atoms with Crippen molar-refractivity contribution in [3.05, 3.63) is 47.8 Å². The quantitative estimate of drug-likeness (QED) is 0.297. The second-order valence-corrected chi connectivity index (χ2v) is 14.0. The highest BCUT2D eigenvalue weighted by atomic mass is 32.2. The molecule has 2 aromatic carbocycles. The van der Waals surface area contributed by atoms with Crippen LogP contribution in [0.25, 0.3) is 10.9 Å². The number of nitrogens with zero attached hydrogens (tertiary/aromatic N) is 3. The molecule has 1 aliphatic carbocycles. The summed E-state index contributed by atoms with van der Waals surface area (Å²) < 4.78 is 76.7. The number of hydrogen-bond acceptors (Lipinski definition) is 8. The molecule has 0 atom stereocenters. The Kier molecular flexibility index (Phi) is 8.23. The van der Waals surface area contributed by atoms with Crippen LogP contribution in [0.1, 0.15) is 48.9 Å². The number of carbonyl (C=O) groups is 1. The lowest BCUT2D eigenvalue weighted by atomic mass is 9.93. The van der Waals surface area contributed by atoms with Gasteiger partial charge in [-0.15, -0.1) is 0 Å². The van der Waals surface area contributed by atoms with Crippen LogP contribution >= 0.6 is 0 Å². The van der Waals surface area contributed by atoms with Gasteiger partial charge < -0.3 is 25.0 Å². The van der Waals surface area contributed by atoms with Crippen molar-refractivity contribution in [3.8, 4) is 5.88 Å². The Bertz CT molecular complexity index is 1710. The van der Waals surface area contributed by atoms with E-state index < -0.39 is 52.9 Å². The third-order valence-corrected chi connectivity index (χ3v) is 10.4. The molecule has 3 fully saturated rings. The van der Waals surface area contributed by atoms with E-state index in [2.05, 4.69) is 15.0 Å². The van der Waals surface area contributed by atoms with E-state index in [1.165, 1.54) is 43.1 Å². The highest BCUT2D eigenvalue weighted by Gasteiger charge is 2.44. The Morgan fingerprint density at radius 2 is 1.69 bits per heavy atom. The van der Waals surface area contributed by atoms with Gasteiger partial charge in [0.05, 0.1) is 42.1 Å². The van der Waals surface area contributed by atoms with Gasteiger partial charge >= 0.3 is 0 Å². The molecule has 45 heavy (non-hydrogen) atoms. The van der Waals surface area contributed by atoms with E-state index in [0.29, 0.717) is 29.6 Å². The van der Waals surface area contributed by atoms with Crippen LogP contribution in [-0.4, -0.2) is 76.0 Å². The van der Waals surface area contributed by atoms with Crippen molar-refractivity contribution in [2.24, 2.45) is 5.41 Å². The molecule has 242 valence electrons. The number of alkyl halides is 2. The normalized spacial score (nSPS) is 19.0. The molecule has 1 saturated carbocycles. The molecule has 1 amide bonds. The first kappa shape index (κ1) is 31.2. The third-order valence-electron chi connectivity index (χ3n) is 9.14. The zero-order chi connectivity index (χ0) is 32.0. The molecule has 2 saturated heterocycles. The Morgan fingerprint density at radius 1 is 1.00 bits per heavy atom.